The predicted octanol–water partition coefficient (Wildman–Crippen LogP) is 6.65. The van der Waals surface area contributed by atoms with Crippen molar-refractivity contribution in [3.05, 3.63) is 107 Å². The van der Waals surface area contributed by atoms with Crippen LogP contribution in [0.2, 0.25) is 0 Å². The second-order valence-electron chi connectivity index (χ2n) is 8.19. The van der Waals surface area contributed by atoms with Gasteiger partial charge in [-0.3, -0.25) is 9.69 Å². The molecule has 1 amide bonds. The zero-order valence-corrected chi connectivity index (χ0v) is 21.1. The quantitative estimate of drug-likeness (QED) is 0.248. The molecule has 1 fully saturated rings. The van der Waals surface area contributed by atoms with E-state index in [1.54, 1.807) is 11.1 Å². The van der Waals surface area contributed by atoms with Gasteiger partial charge in [-0.15, -0.1) is 12.6 Å². The summed E-state index contributed by atoms with van der Waals surface area (Å²) >= 11 is 5.99. The highest BCUT2D eigenvalue weighted by Gasteiger charge is 2.36. The number of rotatable bonds is 5. The molecule has 0 aliphatic carbocycles. The molecule has 4 aromatic rings. The van der Waals surface area contributed by atoms with Crippen molar-refractivity contribution in [3.63, 3.8) is 0 Å². The van der Waals surface area contributed by atoms with Gasteiger partial charge in [0.25, 0.3) is 5.91 Å². The van der Waals surface area contributed by atoms with Crippen LogP contribution in [0.5, 0.6) is 0 Å². The van der Waals surface area contributed by atoms with E-state index < -0.39 is 0 Å². The zero-order chi connectivity index (χ0) is 24.4. The summed E-state index contributed by atoms with van der Waals surface area (Å²) in [6.45, 7) is 2.39. The minimum absolute atomic E-state index is 0.0705. The Morgan fingerprint density at radius 2 is 1.71 bits per heavy atom. The molecule has 0 N–H and O–H groups in total. The van der Waals surface area contributed by atoms with E-state index in [9.17, 15) is 4.79 Å². The standard InChI is InChI=1S/C28H24N4OS2/c1-19(31(2)23-14-8-9-15-24(23)34)25-27(33)32(18-20-10-4-3-5-11-20)28(35-25)30-26-22-13-7-6-12-21(22)16-17-29-26/h3-17,34H,18H2,1-2H3/b25-19+,30-28?. The number of amides is 1. The number of carbonyl (C=O) groups is 1. The van der Waals surface area contributed by atoms with Crippen LogP contribution in [0.25, 0.3) is 10.8 Å². The summed E-state index contributed by atoms with van der Waals surface area (Å²) in [4.78, 5) is 28.4. The first-order valence-corrected chi connectivity index (χ1v) is 12.5. The fourth-order valence-electron chi connectivity index (χ4n) is 3.98. The molecule has 1 aliphatic rings. The first kappa shape index (κ1) is 23.2. The summed E-state index contributed by atoms with van der Waals surface area (Å²) in [5.41, 5.74) is 2.81. The van der Waals surface area contributed by atoms with E-state index in [-0.39, 0.29) is 5.91 Å². The average Bonchev–Trinajstić information content (AvgIpc) is 3.19. The lowest BCUT2D eigenvalue weighted by atomic mass is 10.2. The monoisotopic (exact) mass is 496 g/mol. The smallest absolute Gasteiger partial charge is 0.268 e. The Kier molecular flexibility index (Phi) is 6.61. The van der Waals surface area contributed by atoms with Crippen LogP contribution in [-0.4, -0.2) is 28.0 Å². The number of amidine groups is 1. The molecule has 0 saturated carbocycles. The Labute approximate surface area is 214 Å². The summed E-state index contributed by atoms with van der Waals surface area (Å²) < 4.78 is 0. The molecule has 1 saturated heterocycles. The molecule has 1 aromatic heterocycles. The van der Waals surface area contributed by atoms with E-state index in [1.807, 2.05) is 104 Å². The summed E-state index contributed by atoms with van der Waals surface area (Å²) in [6.07, 6.45) is 1.75. The van der Waals surface area contributed by atoms with Gasteiger partial charge in [0.15, 0.2) is 11.0 Å². The fraction of sp³-hybridized carbons (Fsp3) is 0.107. The van der Waals surface area contributed by atoms with Crippen LogP contribution in [0.3, 0.4) is 0 Å². The van der Waals surface area contributed by atoms with Crippen LogP contribution in [0.15, 0.2) is 112 Å². The van der Waals surface area contributed by atoms with Crippen molar-refractivity contribution in [3.8, 4) is 0 Å². The fourth-order valence-corrected chi connectivity index (χ4v) is 5.35. The maximum atomic E-state index is 13.7. The number of allylic oxidation sites excluding steroid dienone is 1. The molecule has 0 bridgehead atoms. The topological polar surface area (TPSA) is 48.8 Å². The molecule has 7 heteroatoms. The van der Waals surface area contributed by atoms with E-state index in [4.69, 9.17) is 4.99 Å². The van der Waals surface area contributed by atoms with Crippen molar-refractivity contribution in [2.24, 2.45) is 4.99 Å². The molecule has 0 unspecified atom stereocenters. The van der Waals surface area contributed by atoms with Gasteiger partial charge >= 0.3 is 0 Å². The lowest BCUT2D eigenvalue weighted by molar-refractivity contribution is -0.122. The van der Waals surface area contributed by atoms with Gasteiger partial charge in [-0.1, -0.05) is 66.7 Å². The maximum Gasteiger partial charge on any atom is 0.268 e. The van der Waals surface area contributed by atoms with E-state index in [0.29, 0.717) is 22.4 Å². The third kappa shape index (κ3) is 4.70. The molecule has 1 aliphatic heterocycles. The molecule has 3 aromatic carbocycles. The highest BCUT2D eigenvalue weighted by molar-refractivity contribution is 8.18. The molecule has 0 atom stereocenters. The SMILES string of the molecule is C/C(=C1\SC(=Nc2nccc3ccccc23)N(Cc2ccccc2)C1=O)N(C)c1ccccc1S. The van der Waals surface area contributed by atoms with Gasteiger partial charge in [-0.2, -0.15) is 0 Å². The molecule has 5 rings (SSSR count). The number of para-hydroxylation sites is 1. The van der Waals surface area contributed by atoms with Gasteiger partial charge in [0, 0.05) is 29.2 Å². The number of aromatic nitrogens is 1. The molecule has 2 heterocycles. The van der Waals surface area contributed by atoms with E-state index in [1.165, 1.54) is 11.8 Å². The van der Waals surface area contributed by atoms with Crippen molar-refractivity contribution in [2.45, 2.75) is 18.4 Å². The van der Waals surface area contributed by atoms with Crippen LogP contribution in [0.4, 0.5) is 11.5 Å². The lowest BCUT2D eigenvalue weighted by Crippen LogP contribution is -2.29. The predicted molar refractivity (Wildman–Crippen MR) is 148 cm³/mol. The van der Waals surface area contributed by atoms with Gasteiger partial charge in [0.2, 0.25) is 0 Å². The second kappa shape index (κ2) is 9.98. The molecule has 174 valence electrons. The first-order chi connectivity index (χ1) is 17.0. The number of anilines is 1. The number of hydrogen-bond acceptors (Lipinski definition) is 6. The van der Waals surface area contributed by atoms with E-state index >= 15 is 0 Å². The van der Waals surface area contributed by atoms with Gasteiger partial charge in [-0.05, 0) is 47.8 Å². The molecular weight excluding hydrogens is 472 g/mol. The first-order valence-electron chi connectivity index (χ1n) is 11.2. The second-order valence-corrected chi connectivity index (χ2v) is 9.65. The molecule has 0 radical (unpaired) electrons. The highest BCUT2D eigenvalue weighted by atomic mass is 32.2. The number of thioether (sulfide) groups is 1. The number of nitrogens with zero attached hydrogens (tertiary/aromatic N) is 4. The van der Waals surface area contributed by atoms with Gasteiger partial charge in [0.1, 0.15) is 0 Å². The van der Waals surface area contributed by atoms with Crippen molar-refractivity contribution in [1.29, 1.82) is 0 Å². The van der Waals surface area contributed by atoms with Crippen molar-refractivity contribution in [1.82, 2.24) is 9.88 Å². The number of thiol groups is 1. The van der Waals surface area contributed by atoms with Crippen molar-refractivity contribution < 1.29 is 4.79 Å². The average molecular weight is 497 g/mol. The highest BCUT2D eigenvalue weighted by Crippen LogP contribution is 2.38. The zero-order valence-electron chi connectivity index (χ0n) is 19.4. The Hall–Kier alpha value is -3.55. The third-order valence-electron chi connectivity index (χ3n) is 5.98. The Bertz CT molecular complexity index is 1460. The van der Waals surface area contributed by atoms with Crippen LogP contribution in [0, 0.1) is 0 Å². The number of fused-ring (bicyclic) bond motifs is 1. The summed E-state index contributed by atoms with van der Waals surface area (Å²) in [7, 11) is 1.95. The van der Waals surface area contributed by atoms with Crippen LogP contribution >= 0.6 is 24.4 Å². The summed E-state index contributed by atoms with van der Waals surface area (Å²) in [6, 6.07) is 27.8. The minimum atomic E-state index is -0.0705. The van der Waals surface area contributed by atoms with Gasteiger partial charge in [0.05, 0.1) is 17.1 Å². The summed E-state index contributed by atoms with van der Waals surface area (Å²) in [5, 5.41) is 2.62. The van der Waals surface area contributed by atoms with Gasteiger partial charge in [-0.25, -0.2) is 9.98 Å². The number of aliphatic imine (C=N–C) groups is 1. The largest absolute Gasteiger partial charge is 0.346 e. The number of carbonyl (C=O) groups excluding carboxylic acids is 1. The summed E-state index contributed by atoms with van der Waals surface area (Å²) in [5.74, 6) is 0.531. The Morgan fingerprint density at radius 3 is 2.51 bits per heavy atom. The molecule has 5 nitrogen and oxygen atoms in total. The number of hydrogen-bond donors (Lipinski definition) is 1. The normalized spacial score (nSPS) is 16.3. The van der Waals surface area contributed by atoms with E-state index in [0.717, 1.165) is 32.6 Å². The maximum absolute atomic E-state index is 13.7. The molecule has 35 heavy (non-hydrogen) atoms. The number of benzene rings is 3. The lowest BCUT2D eigenvalue weighted by Gasteiger charge is -2.22. The van der Waals surface area contributed by atoms with Crippen molar-refractivity contribution >= 4 is 57.7 Å². The van der Waals surface area contributed by atoms with Crippen LogP contribution < -0.4 is 4.90 Å². The molecule has 0 spiro atoms. The van der Waals surface area contributed by atoms with Crippen LogP contribution in [-0.2, 0) is 11.3 Å². The van der Waals surface area contributed by atoms with Crippen molar-refractivity contribution in [2.75, 3.05) is 11.9 Å². The van der Waals surface area contributed by atoms with E-state index in [2.05, 4.69) is 17.6 Å². The number of pyridine rings is 1. The minimum Gasteiger partial charge on any atom is -0.346 e. The Balaban J connectivity index is 1.59. The van der Waals surface area contributed by atoms with Gasteiger partial charge < -0.3 is 4.90 Å². The van der Waals surface area contributed by atoms with Crippen LogP contribution in [0.1, 0.15) is 12.5 Å². The molecular formula is C28H24N4OS2. The Morgan fingerprint density at radius 1 is 1.00 bits per heavy atom. The third-order valence-corrected chi connectivity index (χ3v) is 7.52.